The second-order valence-corrected chi connectivity index (χ2v) is 5.21. The monoisotopic (exact) mass is 283 g/mol. The highest BCUT2D eigenvalue weighted by molar-refractivity contribution is 5.75. The maximum absolute atomic E-state index is 11.5. The first-order valence-electron chi connectivity index (χ1n) is 6.34. The molecule has 1 unspecified atom stereocenters. The zero-order chi connectivity index (χ0) is 15.2. The molecule has 0 radical (unpaired) electrons. The number of nitrogens with zero attached hydrogens (tertiary/aromatic N) is 1. The molecule has 1 atom stereocenters. The van der Waals surface area contributed by atoms with Gasteiger partial charge in [-0.1, -0.05) is 0 Å². The number of aliphatic hydroxyl groups is 2. The third-order valence-corrected chi connectivity index (χ3v) is 2.80. The maximum atomic E-state index is 11.5. The first-order chi connectivity index (χ1) is 9.39. The topological polar surface area (TPSA) is 88.9 Å². The number of rotatable bonds is 7. The smallest absolute Gasteiger partial charge is 0.314 e. The lowest BCUT2D eigenvalue weighted by atomic mass is 9.95. The molecule has 2 N–H and O–H groups in total. The number of ether oxygens (including phenoxy) is 2. The summed E-state index contributed by atoms with van der Waals surface area (Å²) in [6.45, 7) is 3.28. The molecule has 6 heteroatoms. The Morgan fingerprint density at radius 1 is 1.50 bits per heavy atom. The molecule has 0 fully saturated rings. The number of carbonyl (C=O) groups excluding carboxylic acids is 1. The number of hydrogen-bond acceptors (Lipinski definition) is 6. The number of aromatic nitrogens is 1. The van der Waals surface area contributed by atoms with Crippen molar-refractivity contribution in [1.82, 2.24) is 4.98 Å². The van der Waals surface area contributed by atoms with E-state index in [0.717, 1.165) is 5.56 Å². The Labute approximate surface area is 118 Å². The van der Waals surface area contributed by atoms with Gasteiger partial charge in [-0.15, -0.1) is 0 Å². The van der Waals surface area contributed by atoms with Crippen LogP contribution in [0.25, 0.3) is 0 Å². The van der Waals surface area contributed by atoms with Gasteiger partial charge in [0.05, 0.1) is 25.2 Å². The van der Waals surface area contributed by atoms with Crippen molar-refractivity contribution >= 4 is 5.97 Å². The van der Waals surface area contributed by atoms with Crippen LogP contribution >= 0.6 is 0 Å². The zero-order valence-electron chi connectivity index (χ0n) is 12.0. The third-order valence-electron chi connectivity index (χ3n) is 2.80. The van der Waals surface area contributed by atoms with Crippen molar-refractivity contribution in [2.75, 3.05) is 20.3 Å². The fourth-order valence-corrected chi connectivity index (χ4v) is 1.58. The van der Waals surface area contributed by atoms with Crippen molar-refractivity contribution in [3.63, 3.8) is 0 Å². The lowest BCUT2D eigenvalue weighted by molar-refractivity contribution is -0.152. The van der Waals surface area contributed by atoms with Crippen molar-refractivity contribution in [2.45, 2.75) is 26.4 Å². The average Bonchev–Trinajstić information content (AvgIpc) is 2.44. The van der Waals surface area contributed by atoms with E-state index >= 15 is 0 Å². The highest BCUT2D eigenvalue weighted by atomic mass is 16.5. The highest BCUT2D eigenvalue weighted by Crippen LogP contribution is 2.19. The zero-order valence-corrected chi connectivity index (χ0v) is 12.0. The molecule has 0 saturated carbocycles. The van der Waals surface area contributed by atoms with Crippen molar-refractivity contribution in [3.8, 4) is 5.88 Å². The molecule has 1 aromatic rings. The summed E-state index contributed by atoms with van der Waals surface area (Å²) in [4.78, 5) is 15.6. The summed E-state index contributed by atoms with van der Waals surface area (Å²) in [5, 5.41) is 18.2. The van der Waals surface area contributed by atoms with E-state index in [0.29, 0.717) is 12.3 Å². The van der Waals surface area contributed by atoms with Gasteiger partial charge in [0.15, 0.2) is 0 Å². The quantitative estimate of drug-likeness (QED) is 0.711. The molecule has 0 amide bonds. The van der Waals surface area contributed by atoms with Gasteiger partial charge in [-0.3, -0.25) is 4.79 Å². The van der Waals surface area contributed by atoms with E-state index < -0.39 is 11.5 Å². The number of hydrogen-bond donors (Lipinski definition) is 2. The molecule has 6 nitrogen and oxygen atoms in total. The second kappa shape index (κ2) is 7.21. The van der Waals surface area contributed by atoms with E-state index in [2.05, 4.69) is 4.98 Å². The Morgan fingerprint density at radius 2 is 2.20 bits per heavy atom. The molecule has 1 aromatic heterocycles. The molecular weight excluding hydrogens is 262 g/mol. The van der Waals surface area contributed by atoms with Crippen LogP contribution in [0, 0.1) is 5.41 Å². The van der Waals surface area contributed by atoms with Gasteiger partial charge in [-0.25, -0.2) is 4.98 Å². The number of aliphatic hydroxyl groups excluding tert-OH is 2. The van der Waals surface area contributed by atoms with Gasteiger partial charge in [0.25, 0.3) is 0 Å². The van der Waals surface area contributed by atoms with Crippen LogP contribution in [0.1, 0.15) is 19.4 Å². The van der Waals surface area contributed by atoms with Crippen LogP contribution in [-0.4, -0.2) is 47.6 Å². The van der Waals surface area contributed by atoms with Crippen LogP contribution in [0.5, 0.6) is 5.88 Å². The summed E-state index contributed by atoms with van der Waals surface area (Å²) in [6, 6.07) is 3.41. The molecular formula is C14H21NO5. The predicted octanol–water partition coefficient (Wildman–Crippen LogP) is 0.555. The molecule has 0 saturated heterocycles. The van der Waals surface area contributed by atoms with E-state index in [9.17, 15) is 9.90 Å². The third kappa shape index (κ3) is 4.79. The molecule has 0 aliphatic carbocycles. The Hall–Kier alpha value is -1.66. The summed E-state index contributed by atoms with van der Waals surface area (Å²) in [7, 11) is 1.33. The van der Waals surface area contributed by atoms with E-state index in [1.165, 1.54) is 7.11 Å². The van der Waals surface area contributed by atoms with Gasteiger partial charge in [-0.2, -0.15) is 0 Å². The van der Waals surface area contributed by atoms with Crippen LogP contribution in [0.15, 0.2) is 18.3 Å². The number of carbonyl (C=O) groups is 1. The molecule has 0 bridgehead atoms. The predicted molar refractivity (Wildman–Crippen MR) is 72.3 cm³/mol. The van der Waals surface area contributed by atoms with Gasteiger partial charge in [0.2, 0.25) is 5.88 Å². The fourth-order valence-electron chi connectivity index (χ4n) is 1.58. The lowest BCUT2D eigenvalue weighted by Crippen LogP contribution is -2.32. The molecule has 0 aromatic carbocycles. The van der Waals surface area contributed by atoms with E-state index in [1.807, 2.05) is 0 Å². The molecule has 20 heavy (non-hydrogen) atoms. The second-order valence-electron chi connectivity index (χ2n) is 5.21. The van der Waals surface area contributed by atoms with Crippen LogP contribution in [0.3, 0.4) is 0 Å². The Bertz CT molecular complexity index is 447. The lowest BCUT2D eigenvalue weighted by Gasteiger charge is -2.21. The summed E-state index contributed by atoms with van der Waals surface area (Å²) >= 11 is 0. The summed E-state index contributed by atoms with van der Waals surface area (Å²) in [5.74, 6) is 0.00831. The molecule has 1 heterocycles. The molecule has 0 aliphatic rings. The average molecular weight is 283 g/mol. The van der Waals surface area contributed by atoms with Crippen LogP contribution < -0.4 is 4.74 Å². The van der Waals surface area contributed by atoms with Gasteiger partial charge in [-0.05, 0) is 25.5 Å². The SMILES string of the molecule is COC(=O)C(C)(C)COc1cc(CC(O)CO)ccn1. The Balaban J connectivity index is 2.65. The molecule has 1 rings (SSSR count). The Morgan fingerprint density at radius 3 is 2.80 bits per heavy atom. The maximum Gasteiger partial charge on any atom is 0.314 e. The van der Waals surface area contributed by atoms with Crippen molar-refractivity contribution < 1.29 is 24.5 Å². The number of pyridine rings is 1. The van der Waals surface area contributed by atoms with Crippen LogP contribution in [0.4, 0.5) is 0 Å². The van der Waals surface area contributed by atoms with E-state index in [1.54, 1.807) is 32.2 Å². The van der Waals surface area contributed by atoms with Gasteiger partial charge in [0, 0.05) is 18.7 Å². The van der Waals surface area contributed by atoms with E-state index in [4.69, 9.17) is 14.6 Å². The molecule has 0 spiro atoms. The first-order valence-corrected chi connectivity index (χ1v) is 6.34. The minimum absolute atomic E-state index is 0.138. The minimum Gasteiger partial charge on any atom is -0.476 e. The minimum atomic E-state index is -0.809. The molecule has 0 aliphatic heterocycles. The van der Waals surface area contributed by atoms with Crippen molar-refractivity contribution in [1.29, 1.82) is 0 Å². The fraction of sp³-hybridized carbons (Fsp3) is 0.571. The summed E-state index contributed by atoms with van der Waals surface area (Å²) in [6.07, 6.45) is 1.06. The summed E-state index contributed by atoms with van der Waals surface area (Å²) in [5.41, 5.74) is 0.0317. The Kier molecular flexibility index (Phi) is 5.91. The van der Waals surface area contributed by atoms with Crippen LogP contribution in [-0.2, 0) is 16.0 Å². The largest absolute Gasteiger partial charge is 0.476 e. The van der Waals surface area contributed by atoms with Gasteiger partial charge in [0.1, 0.15) is 6.61 Å². The number of methoxy groups -OCH3 is 1. The highest BCUT2D eigenvalue weighted by Gasteiger charge is 2.29. The van der Waals surface area contributed by atoms with Crippen molar-refractivity contribution in [2.24, 2.45) is 5.41 Å². The van der Waals surface area contributed by atoms with Crippen molar-refractivity contribution in [3.05, 3.63) is 23.9 Å². The molecule has 112 valence electrons. The van der Waals surface area contributed by atoms with Gasteiger partial charge < -0.3 is 19.7 Å². The van der Waals surface area contributed by atoms with Gasteiger partial charge >= 0.3 is 5.97 Å². The van der Waals surface area contributed by atoms with E-state index in [-0.39, 0.29) is 19.2 Å². The summed E-state index contributed by atoms with van der Waals surface area (Å²) < 4.78 is 10.2. The normalized spacial score (nSPS) is 12.8. The number of esters is 1. The standard InChI is InChI=1S/C14H21NO5/c1-14(2,13(18)19-3)9-20-12-7-10(4-5-15-12)6-11(17)8-16/h4-5,7,11,16-17H,6,8-9H2,1-3H3. The first kappa shape index (κ1) is 16.4. The van der Waals surface area contributed by atoms with Crippen LogP contribution in [0.2, 0.25) is 0 Å².